The number of rotatable bonds is 1. The monoisotopic (exact) mass is 182 g/mol. The van der Waals surface area contributed by atoms with E-state index in [0.29, 0.717) is 5.88 Å². The number of fused-ring (bicyclic) bond motifs is 1. The molecule has 12 heavy (non-hydrogen) atoms. The average Bonchev–Trinajstić information content (AvgIpc) is 2.52. The molecule has 0 atom stereocenters. The minimum atomic E-state index is 0.425. The Labute approximate surface area is 77.0 Å². The van der Waals surface area contributed by atoms with Crippen molar-refractivity contribution >= 4 is 11.6 Å². The second kappa shape index (κ2) is 3.02. The molecule has 0 radical (unpaired) electrons. The van der Waals surface area contributed by atoms with Crippen molar-refractivity contribution in [2.45, 2.75) is 32.1 Å². The Morgan fingerprint density at radius 3 is 2.92 bits per heavy atom. The maximum absolute atomic E-state index is 5.68. The molecule has 0 unspecified atom stereocenters. The largest absolute Gasteiger partial charge is 0.237 e. The van der Waals surface area contributed by atoms with Gasteiger partial charge in [0.2, 0.25) is 0 Å². The van der Waals surface area contributed by atoms with E-state index in [2.05, 4.69) is 9.97 Å². The Kier molecular flexibility index (Phi) is 2.01. The third-order valence-corrected chi connectivity index (χ3v) is 2.54. The summed E-state index contributed by atoms with van der Waals surface area (Å²) in [7, 11) is 0. The summed E-state index contributed by atoms with van der Waals surface area (Å²) in [5, 5.41) is 0. The van der Waals surface area contributed by atoms with Gasteiger partial charge in [0, 0.05) is 11.4 Å². The van der Waals surface area contributed by atoms with E-state index >= 15 is 0 Å². The smallest absolute Gasteiger partial charge is 0.143 e. The SMILES string of the molecule is Cc1nc(CCl)nc2c1CCC2. The van der Waals surface area contributed by atoms with Crippen LogP contribution in [0.15, 0.2) is 0 Å². The van der Waals surface area contributed by atoms with E-state index in [0.717, 1.165) is 24.4 Å². The van der Waals surface area contributed by atoms with Gasteiger partial charge in [0.1, 0.15) is 5.82 Å². The van der Waals surface area contributed by atoms with Crippen LogP contribution >= 0.6 is 11.6 Å². The minimum absolute atomic E-state index is 0.425. The van der Waals surface area contributed by atoms with Crippen molar-refractivity contribution < 1.29 is 0 Å². The van der Waals surface area contributed by atoms with Gasteiger partial charge in [-0.1, -0.05) is 0 Å². The van der Waals surface area contributed by atoms with Gasteiger partial charge >= 0.3 is 0 Å². The Bertz CT molecular complexity index is 310. The number of hydrogen-bond donors (Lipinski definition) is 0. The zero-order valence-electron chi connectivity index (χ0n) is 7.10. The van der Waals surface area contributed by atoms with E-state index in [9.17, 15) is 0 Å². The van der Waals surface area contributed by atoms with Crippen molar-refractivity contribution in [2.75, 3.05) is 0 Å². The van der Waals surface area contributed by atoms with Gasteiger partial charge in [-0.15, -0.1) is 11.6 Å². The Morgan fingerprint density at radius 1 is 1.33 bits per heavy atom. The van der Waals surface area contributed by atoms with Crippen LogP contribution in [0.5, 0.6) is 0 Å². The van der Waals surface area contributed by atoms with Crippen molar-refractivity contribution in [1.29, 1.82) is 0 Å². The molecule has 1 aliphatic rings. The van der Waals surface area contributed by atoms with Crippen LogP contribution in [0.2, 0.25) is 0 Å². The highest BCUT2D eigenvalue weighted by atomic mass is 35.5. The number of halogens is 1. The van der Waals surface area contributed by atoms with Crippen molar-refractivity contribution in [3.05, 3.63) is 22.8 Å². The van der Waals surface area contributed by atoms with Crippen LogP contribution in [-0.2, 0) is 18.7 Å². The fraction of sp³-hybridized carbons (Fsp3) is 0.556. The van der Waals surface area contributed by atoms with Gasteiger partial charge in [-0.05, 0) is 31.7 Å². The lowest BCUT2D eigenvalue weighted by Crippen LogP contribution is -2.01. The van der Waals surface area contributed by atoms with Crippen LogP contribution in [0.4, 0.5) is 0 Å². The van der Waals surface area contributed by atoms with E-state index in [-0.39, 0.29) is 0 Å². The fourth-order valence-electron chi connectivity index (χ4n) is 1.74. The standard InChI is InChI=1S/C9H11ClN2/c1-6-7-3-2-4-8(7)12-9(5-10)11-6/h2-5H2,1H3. The highest BCUT2D eigenvalue weighted by Gasteiger charge is 2.16. The van der Waals surface area contributed by atoms with Crippen LogP contribution in [0, 0.1) is 6.92 Å². The lowest BCUT2D eigenvalue weighted by atomic mass is 10.2. The van der Waals surface area contributed by atoms with Crippen molar-refractivity contribution in [2.24, 2.45) is 0 Å². The quantitative estimate of drug-likeness (QED) is 0.621. The van der Waals surface area contributed by atoms with E-state index in [4.69, 9.17) is 11.6 Å². The molecule has 1 heterocycles. The summed E-state index contributed by atoms with van der Waals surface area (Å²) in [6.07, 6.45) is 3.46. The van der Waals surface area contributed by atoms with E-state index in [1.165, 1.54) is 17.7 Å². The maximum atomic E-state index is 5.68. The Morgan fingerprint density at radius 2 is 2.17 bits per heavy atom. The topological polar surface area (TPSA) is 25.8 Å². The van der Waals surface area contributed by atoms with Gasteiger partial charge < -0.3 is 0 Å². The van der Waals surface area contributed by atoms with Crippen LogP contribution in [0.1, 0.15) is 29.2 Å². The summed E-state index contributed by atoms with van der Waals surface area (Å²) in [5.74, 6) is 1.20. The molecule has 2 nitrogen and oxygen atoms in total. The molecule has 1 aliphatic carbocycles. The summed E-state index contributed by atoms with van der Waals surface area (Å²) in [5.41, 5.74) is 3.69. The summed E-state index contributed by atoms with van der Waals surface area (Å²) >= 11 is 5.68. The van der Waals surface area contributed by atoms with Crippen molar-refractivity contribution in [3.63, 3.8) is 0 Å². The fourth-order valence-corrected chi connectivity index (χ4v) is 1.86. The predicted octanol–water partition coefficient (Wildman–Crippen LogP) is 2.01. The molecular weight excluding hydrogens is 172 g/mol. The van der Waals surface area contributed by atoms with Crippen LogP contribution in [-0.4, -0.2) is 9.97 Å². The summed E-state index contributed by atoms with van der Waals surface area (Å²) < 4.78 is 0. The van der Waals surface area contributed by atoms with Crippen LogP contribution in [0.25, 0.3) is 0 Å². The highest BCUT2D eigenvalue weighted by molar-refractivity contribution is 6.16. The zero-order chi connectivity index (χ0) is 8.55. The average molecular weight is 183 g/mol. The number of hydrogen-bond acceptors (Lipinski definition) is 2. The molecule has 2 rings (SSSR count). The molecule has 1 aromatic rings. The van der Waals surface area contributed by atoms with Gasteiger partial charge in [0.05, 0.1) is 5.88 Å². The summed E-state index contributed by atoms with van der Waals surface area (Å²) in [6.45, 7) is 2.04. The molecule has 0 spiro atoms. The van der Waals surface area contributed by atoms with Crippen LogP contribution in [0.3, 0.4) is 0 Å². The summed E-state index contributed by atoms with van der Waals surface area (Å²) in [4.78, 5) is 8.71. The molecular formula is C9H11ClN2. The third-order valence-electron chi connectivity index (χ3n) is 2.31. The number of alkyl halides is 1. The van der Waals surface area contributed by atoms with Crippen molar-refractivity contribution in [3.8, 4) is 0 Å². The van der Waals surface area contributed by atoms with Gasteiger partial charge in [-0.2, -0.15) is 0 Å². The van der Waals surface area contributed by atoms with Crippen molar-refractivity contribution in [1.82, 2.24) is 9.97 Å². The second-order valence-corrected chi connectivity index (χ2v) is 3.40. The molecule has 0 saturated heterocycles. The first-order valence-corrected chi connectivity index (χ1v) is 4.76. The number of aryl methyl sites for hydroxylation is 2. The van der Waals surface area contributed by atoms with E-state index in [1.807, 2.05) is 6.92 Å². The number of nitrogens with zero attached hydrogens (tertiary/aromatic N) is 2. The molecule has 0 saturated carbocycles. The molecule has 0 bridgehead atoms. The van der Waals surface area contributed by atoms with E-state index in [1.54, 1.807) is 0 Å². The second-order valence-electron chi connectivity index (χ2n) is 3.14. The minimum Gasteiger partial charge on any atom is -0.237 e. The maximum Gasteiger partial charge on any atom is 0.143 e. The molecule has 1 aromatic heterocycles. The zero-order valence-corrected chi connectivity index (χ0v) is 7.86. The Hall–Kier alpha value is -0.630. The Balaban J connectivity index is 2.51. The molecule has 0 fully saturated rings. The van der Waals surface area contributed by atoms with E-state index < -0.39 is 0 Å². The molecule has 3 heteroatoms. The lowest BCUT2D eigenvalue weighted by molar-refractivity contribution is 0.893. The van der Waals surface area contributed by atoms with Gasteiger partial charge in [0.25, 0.3) is 0 Å². The first-order valence-electron chi connectivity index (χ1n) is 4.22. The van der Waals surface area contributed by atoms with Gasteiger partial charge in [-0.3, -0.25) is 0 Å². The summed E-state index contributed by atoms with van der Waals surface area (Å²) in [6, 6.07) is 0. The predicted molar refractivity (Wildman–Crippen MR) is 48.4 cm³/mol. The van der Waals surface area contributed by atoms with Crippen LogP contribution < -0.4 is 0 Å². The highest BCUT2D eigenvalue weighted by Crippen LogP contribution is 2.22. The first kappa shape index (κ1) is 7.99. The lowest BCUT2D eigenvalue weighted by Gasteiger charge is -2.03. The molecule has 0 aliphatic heterocycles. The van der Waals surface area contributed by atoms with Gasteiger partial charge in [0.15, 0.2) is 0 Å². The number of aromatic nitrogens is 2. The third kappa shape index (κ3) is 1.20. The molecule has 0 amide bonds. The molecule has 0 aromatic carbocycles. The normalized spacial score (nSPS) is 14.8. The molecule has 0 N–H and O–H groups in total. The van der Waals surface area contributed by atoms with Gasteiger partial charge in [-0.25, -0.2) is 9.97 Å². The molecule has 64 valence electrons. The first-order chi connectivity index (χ1) is 5.81.